The second kappa shape index (κ2) is 4.21. The number of hydrogen-bond acceptors (Lipinski definition) is 4. The van der Waals surface area contributed by atoms with Gasteiger partial charge in [-0.2, -0.15) is 9.98 Å². The van der Waals surface area contributed by atoms with E-state index in [1.54, 1.807) is 6.92 Å². The van der Waals surface area contributed by atoms with Crippen LogP contribution in [0.2, 0.25) is 0 Å². The third-order valence-corrected chi connectivity index (χ3v) is 1.20. The Morgan fingerprint density at radius 2 is 2.14 bits per heavy atom. The summed E-state index contributed by atoms with van der Waals surface area (Å²) in [5, 5.41) is 3.61. The Morgan fingerprint density at radius 1 is 1.43 bits per heavy atom. The second-order valence-electron chi connectivity index (χ2n) is 2.44. The van der Waals surface area contributed by atoms with Gasteiger partial charge in [-0.3, -0.25) is 0 Å². The van der Waals surface area contributed by atoms with E-state index >= 15 is 0 Å². The van der Waals surface area contributed by atoms with Crippen LogP contribution in [0.3, 0.4) is 0 Å². The molecule has 0 saturated heterocycles. The van der Waals surface area contributed by atoms with Crippen molar-refractivity contribution in [1.82, 2.24) is 10.1 Å². The minimum Gasteiger partial charge on any atom is -0.370 e. The van der Waals surface area contributed by atoms with Crippen molar-refractivity contribution in [3.63, 3.8) is 0 Å². The molecular formula is C6H11N7O. The van der Waals surface area contributed by atoms with Gasteiger partial charge in [0, 0.05) is 6.92 Å². The zero-order valence-electron chi connectivity index (χ0n) is 7.64. The van der Waals surface area contributed by atoms with Gasteiger partial charge in [0.2, 0.25) is 11.9 Å². The standard InChI is InChI=1S/C6H11N7O/c1-3-11-4(13-14-3)2-10-6(9)12-5(7)8/h2H2,1H3,(H6,7,8,9,10,12). The van der Waals surface area contributed by atoms with E-state index in [0.29, 0.717) is 11.7 Å². The number of nitrogens with zero attached hydrogens (tertiary/aromatic N) is 4. The van der Waals surface area contributed by atoms with Crippen molar-refractivity contribution < 1.29 is 4.52 Å². The molecule has 1 rings (SSSR count). The third-order valence-electron chi connectivity index (χ3n) is 1.20. The molecule has 8 nitrogen and oxygen atoms in total. The predicted molar refractivity (Wildman–Crippen MR) is 50.2 cm³/mol. The van der Waals surface area contributed by atoms with E-state index in [4.69, 9.17) is 21.7 Å². The first kappa shape index (κ1) is 9.96. The van der Waals surface area contributed by atoms with Gasteiger partial charge in [0.1, 0.15) is 6.54 Å². The number of guanidine groups is 2. The lowest BCUT2D eigenvalue weighted by Gasteiger charge is -1.91. The quantitative estimate of drug-likeness (QED) is 0.387. The van der Waals surface area contributed by atoms with E-state index in [0.717, 1.165) is 0 Å². The molecule has 8 heteroatoms. The molecule has 0 amide bonds. The molecule has 0 radical (unpaired) electrons. The Morgan fingerprint density at radius 3 is 2.64 bits per heavy atom. The van der Waals surface area contributed by atoms with Gasteiger partial charge >= 0.3 is 0 Å². The maximum absolute atomic E-state index is 5.35. The summed E-state index contributed by atoms with van der Waals surface area (Å²) in [7, 11) is 0. The van der Waals surface area contributed by atoms with Crippen LogP contribution in [-0.2, 0) is 6.54 Å². The summed E-state index contributed by atoms with van der Waals surface area (Å²) in [4.78, 5) is 11.2. The molecule has 1 aromatic rings. The molecule has 0 aromatic carbocycles. The largest absolute Gasteiger partial charge is 0.370 e. The van der Waals surface area contributed by atoms with Gasteiger partial charge in [-0.05, 0) is 0 Å². The fraction of sp³-hybridized carbons (Fsp3) is 0.333. The maximum Gasteiger partial charge on any atom is 0.223 e. The SMILES string of the molecule is Cc1nc(CN=C(N)N=C(N)N)no1. The minimum absolute atomic E-state index is 0.0209. The number of aryl methyl sites for hydroxylation is 1. The topological polar surface area (TPSA) is 142 Å². The average molecular weight is 197 g/mol. The molecule has 1 heterocycles. The van der Waals surface area contributed by atoms with E-state index in [1.807, 2.05) is 0 Å². The molecule has 0 aliphatic carbocycles. The van der Waals surface area contributed by atoms with Crippen LogP contribution in [0.4, 0.5) is 0 Å². The molecule has 0 bridgehead atoms. The zero-order chi connectivity index (χ0) is 10.6. The van der Waals surface area contributed by atoms with Gasteiger partial charge < -0.3 is 21.7 Å². The smallest absolute Gasteiger partial charge is 0.223 e. The van der Waals surface area contributed by atoms with Crippen LogP contribution in [0, 0.1) is 6.92 Å². The van der Waals surface area contributed by atoms with Crippen molar-refractivity contribution in [2.75, 3.05) is 0 Å². The predicted octanol–water partition coefficient (Wildman–Crippen LogP) is -1.53. The monoisotopic (exact) mass is 197 g/mol. The van der Waals surface area contributed by atoms with E-state index in [1.165, 1.54) is 0 Å². The summed E-state index contributed by atoms with van der Waals surface area (Å²) in [5.41, 5.74) is 15.5. The normalized spacial score (nSPS) is 11.4. The van der Waals surface area contributed by atoms with Gasteiger partial charge in [0.25, 0.3) is 0 Å². The number of hydrogen-bond donors (Lipinski definition) is 3. The molecule has 0 atom stereocenters. The second-order valence-corrected chi connectivity index (χ2v) is 2.44. The summed E-state index contributed by atoms with van der Waals surface area (Å²) >= 11 is 0. The van der Waals surface area contributed by atoms with Crippen LogP contribution in [0.5, 0.6) is 0 Å². The minimum atomic E-state index is -0.143. The van der Waals surface area contributed by atoms with E-state index in [9.17, 15) is 0 Å². The van der Waals surface area contributed by atoms with Gasteiger partial charge in [0.05, 0.1) is 0 Å². The van der Waals surface area contributed by atoms with Crippen LogP contribution in [0.25, 0.3) is 0 Å². The summed E-state index contributed by atoms with van der Waals surface area (Å²) in [6.07, 6.45) is 0. The molecular weight excluding hydrogens is 186 g/mol. The van der Waals surface area contributed by atoms with Crippen LogP contribution in [-0.4, -0.2) is 22.1 Å². The van der Waals surface area contributed by atoms with Crippen molar-refractivity contribution in [2.24, 2.45) is 27.2 Å². The van der Waals surface area contributed by atoms with Crippen LogP contribution >= 0.6 is 0 Å². The lowest BCUT2D eigenvalue weighted by Crippen LogP contribution is -2.26. The Hall–Kier alpha value is -2.12. The van der Waals surface area contributed by atoms with Crippen molar-refractivity contribution in [3.8, 4) is 0 Å². The molecule has 0 spiro atoms. The zero-order valence-corrected chi connectivity index (χ0v) is 7.64. The third kappa shape index (κ3) is 3.09. The fourth-order valence-electron chi connectivity index (χ4n) is 0.725. The van der Waals surface area contributed by atoms with Gasteiger partial charge in [-0.15, -0.1) is 0 Å². The fourth-order valence-corrected chi connectivity index (χ4v) is 0.725. The Bertz CT molecular complexity index is 362. The first-order chi connectivity index (χ1) is 6.58. The van der Waals surface area contributed by atoms with Crippen molar-refractivity contribution in [3.05, 3.63) is 11.7 Å². The number of aliphatic imine (C=N–C) groups is 2. The average Bonchev–Trinajstić information content (AvgIpc) is 2.47. The number of nitrogens with two attached hydrogens (primary N) is 3. The maximum atomic E-state index is 5.35. The highest BCUT2D eigenvalue weighted by Crippen LogP contribution is 1.96. The van der Waals surface area contributed by atoms with Gasteiger partial charge in [0.15, 0.2) is 11.8 Å². The lowest BCUT2D eigenvalue weighted by molar-refractivity contribution is 0.387. The first-order valence-corrected chi connectivity index (χ1v) is 3.76. The molecule has 0 saturated carbocycles. The van der Waals surface area contributed by atoms with Crippen LogP contribution in [0.15, 0.2) is 14.5 Å². The van der Waals surface area contributed by atoms with Crippen molar-refractivity contribution in [2.45, 2.75) is 13.5 Å². The summed E-state index contributed by atoms with van der Waals surface area (Å²) < 4.78 is 4.72. The molecule has 0 aliphatic rings. The van der Waals surface area contributed by atoms with Crippen LogP contribution < -0.4 is 17.2 Å². The highest BCUT2D eigenvalue weighted by atomic mass is 16.5. The highest BCUT2D eigenvalue weighted by Gasteiger charge is 2.00. The molecule has 0 unspecified atom stereocenters. The number of aromatic nitrogens is 2. The van der Waals surface area contributed by atoms with Crippen molar-refractivity contribution in [1.29, 1.82) is 0 Å². The Labute approximate surface area is 79.9 Å². The molecule has 14 heavy (non-hydrogen) atoms. The molecule has 6 N–H and O–H groups in total. The van der Waals surface area contributed by atoms with Gasteiger partial charge in [-0.25, -0.2) is 4.99 Å². The first-order valence-electron chi connectivity index (χ1n) is 3.76. The highest BCUT2D eigenvalue weighted by molar-refractivity contribution is 5.92. The molecule has 0 fully saturated rings. The Balaban J connectivity index is 2.59. The lowest BCUT2D eigenvalue weighted by atomic mass is 10.6. The molecule has 0 aliphatic heterocycles. The summed E-state index contributed by atoms with van der Waals surface area (Å²) in [6, 6.07) is 0. The van der Waals surface area contributed by atoms with E-state index in [2.05, 4.69) is 20.1 Å². The summed E-state index contributed by atoms with van der Waals surface area (Å²) in [6.45, 7) is 1.86. The van der Waals surface area contributed by atoms with Gasteiger partial charge in [-0.1, -0.05) is 5.16 Å². The van der Waals surface area contributed by atoms with E-state index < -0.39 is 0 Å². The molecule has 1 aromatic heterocycles. The number of rotatable bonds is 2. The summed E-state index contributed by atoms with van der Waals surface area (Å²) in [5.74, 6) is 0.731. The van der Waals surface area contributed by atoms with E-state index in [-0.39, 0.29) is 18.5 Å². The van der Waals surface area contributed by atoms with Crippen molar-refractivity contribution >= 4 is 11.9 Å². The Kier molecular flexibility index (Phi) is 3.00. The molecule has 76 valence electrons. The van der Waals surface area contributed by atoms with Crippen LogP contribution in [0.1, 0.15) is 11.7 Å².